The highest BCUT2D eigenvalue weighted by Gasteiger charge is 2.01. The maximum absolute atomic E-state index is 10.9. The van der Waals surface area contributed by atoms with E-state index in [1.807, 2.05) is 0 Å². The second-order valence-corrected chi connectivity index (χ2v) is 7.33. The molecule has 0 fully saturated rings. The van der Waals surface area contributed by atoms with Crippen LogP contribution in [0, 0.1) is 0 Å². The van der Waals surface area contributed by atoms with Crippen molar-refractivity contribution in [2.45, 2.75) is 95.2 Å². The minimum atomic E-state index is -0.0815. The molecule has 2 nitrogen and oxygen atoms in total. The molecule has 0 bridgehead atoms. The van der Waals surface area contributed by atoms with E-state index in [1.165, 1.54) is 64.9 Å². The molecule has 1 unspecified atom stereocenters. The average Bonchev–Trinajstić information content (AvgIpc) is 2.53. The first kappa shape index (κ1) is 21.7. The Labute approximate surface area is 146 Å². The number of carbonyl (C=O) groups is 1. The van der Waals surface area contributed by atoms with Crippen LogP contribution in [-0.2, 0) is 9.53 Å². The van der Waals surface area contributed by atoms with Crippen LogP contribution in [0.15, 0.2) is 12.2 Å². The number of hydrogen-bond donors (Lipinski definition) is 0. The van der Waals surface area contributed by atoms with Crippen LogP contribution in [0.25, 0.3) is 0 Å². The molecule has 130 valence electrons. The zero-order valence-electron chi connectivity index (χ0n) is 14.6. The van der Waals surface area contributed by atoms with Crippen LogP contribution in [0.1, 0.15) is 90.4 Å². The Bertz CT molecular complexity index is 277. The van der Waals surface area contributed by atoms with Crippen LogP contribution in [0.2, 0.25) is 0 Å². The highest BCUT2D eigenvalue weighted by Crippen LogP contribution is 2.16. The first-order valence-corrected chi connectivity index (χ1v) is 9.98. The van der Waals surface area contributed by atoms with Crippen LogP contribution in [-0.4, -0.2) is 17.9 Å². The molecular formula is C19H35BrO2. The number of rotatable bonds is 15. The third-order valence-electron chi connectivity index (χ3n) is 3.91. The molecule has 0 rings (SSSR count). The van der Waals surface area contributed by atoms with Gasteiger partial charge >= 0.3 is 5.97 Å². The van der Waals surface area contributed by atoms with Crippen molar-refractivity contribution < 1.29 is 9.53 Å². The van der Waals surface area contributed by atoms with Crippen LogP contribution >= 0.6 is 15.9 Å². The van der Waals surface area contributed by atoms with E-state index in [4.69, 9.17) is 0 Å². The predicted octanol–water partition coefficient (Wildman–Crippen LogP) is 6.57. The maximum atomic E-state index is 10.9. The molecule has 0 aromatic heterocycles. The van der Waals surface area contributed by atoms with Crippen molar-refractivity contribution in [1.82, 2.24) is 0 Å². The summed E-state index contributed by atoms with van der Waals surface area (Å²) in [5.74, 6) is -0.0815. The number of esters is 1. The Morgan fingerprint density at radius 1 is 1.00 bits per heavy atom. The summed E-state index contributed by atoms with van der Waals surface area (Å²) in [5, 5.41) is 0. The normalized spacial score (nSPS) is 12.7. The van der Waals surface area contributed by atoms with E-state index in [9.17, 15) is 4.79 Å². The lowest BCUT2D eigenvalue weighted by Gasteiger charge is -2.06. The second kappa shape index (κ2) is 17.1. The molecule has 0 N–H and O–H groups in total. The lowest BCUT2D eigenvalue weighted by molar-refractivity contribution is -0.140. The van der Waals surface area contributed by atoms with Gasteiger partial charge in [0.25, 0.3) is 0 Å². The van der Waals surface area contributed by atoms with Crippen molar-refractivity contribution in [3.8, 4) is 0 Å². The molecule has 0 saturated carbocycles. The SMILES string of the molecule is CCCCCCC(Br)C/C=C\CCCCCCCC(=O)OC. The molecule has 0 aliphatic heterocycles. The predicted molar refractivity (Wildman–Crippen MR) is 99.6 cm³/mol. The molecule has 0 aliphatic carbocycles. The number of ether oxygens (including phenoxy) is 1. The summed E-state index contributed by atoms with van der Waals surface area (Å²) in [4.78, 5) is 11.6. The molecule has 0 aliphatic rings. The standard InChI is InChI=1S/C19H35BrO2/c1-3-4-5-12-15-18(20)16-13-10-8-6-7-9-11-14-17-19(21)22-2/h10,13,18H,3-9,11-12,14-17H2,1-2H3/b13-10-. The van der Waals surface area contributed by atoms with E-state index >= 15 is 0 Å². The molecule has 0 spiro atoms. The second-order valence-electron chi connectivity index (χ2n) is 6.04. The maximum Gasteiger partial charge on any atom is 0.305 e. The largest absolute Gasteiger partial charge is 0.469 e. The molecular weight excluding hydrogens is 340 g/mol. The van der Waals surface area contributed by atoms with Crippen molar-refractivity contribution in [2.75, 3.05) is 7.11 Å². The summed E-state index contributed by atoms with van der Waals surface area (Å²) < 4.78 is 4.63. The van der Waals surface area contributed by atoms with Crippen molar-refractivity contribution >= 4 is 21.9 Å². The van der Waals surface area contributed by atoms with Crippen LogP contribution < -0.4 is 0 Å². The Morgan fingerprint density at radius 2 is 1.68 bits per heavy atom. The number of unbranched alkanes of at least 4 members (excludes halogenated alkanes) is 8. The molecule has 0 saturated heterocycles. The van der Waals surface area contributed by atoms with Crippen molar-refractivity contribution in [2.24, 2.45) is 0 Å². The molecule has 3 heteroatoms. The van der Waals surface area contributed by atoms with Crippen LogP contribution in [0.3, 0.4) is 0 Å². The Hall–Kier alpha value is -0.310. The zero-order chi connectivity index (χ0) is 16.5. The summed E-state index contributed by atoms with van der Waals surface area (Å²) in [6.07, 6.45) is 20.1. The molecule has 0 radical (unpaired) electrons. The zero-order valence-corrected chi connectivity index (χ0v) is 16.2. The third-order valence-corrected chi connectivity index (χ3v) is 4.74. The number of allylic oxidation sites excluding steroid dienone is 2. The Morgan fingerprint density at radius 3 is 2.41 bits per heavy atom. The van der Waals surface area contributed by atoms with E-state index in [-0.39, 0.29) is 5.97 Å². The van der Waals surface area contributed by atoms with Gasteiger partial charge < -0.3 is 4.74 Å². The minimum Gasteiger partial charge on any atom is -0.469 e. The fraction of sp³-hybridized carbons (Fsp3) is 0.842. The minimum absolute atomic E-state index is 0.0815. The van der Waals surface area contributed by atoms with Gasteiger partial charge in [-0.25, -0.2) is 0 Å². The molecule has 1 atom stereocenters. The summed E-state index contributed by atoms with van der Waals surface area (Å²) in [6, 6.07) is 0. The fourth-order valence-corrected chi connectivity index (χ4v) is 2.98. The van der Waals surface area contributed by atoms with Crippen LogP contribution in [0.5, 0.6) is 0 Å². The molecule has 0 aromatic rings. The van der Waals surface area contributed by atoms with Gasteiger partial charge in [-0.1, -0.05) is 80.0 Å². The van der Waals surface area contributed by atoms with Crippen molar-refractivity contribution in [1.29, 1.82) is 0 Å². The van der Waals surface area contributed by atoms with Gasteiger partial charge in [0.15, 0.2) is 0 Å². The first-order valence-electron chi connectivity index (χ1n) is 9.06. The summed E-state index contributed by atoms with van der Waals surface area (Å²) >= 11 is 3.77. The molecule has 0 heterocycles. The van der Waals surface area contributed by atoms with E-state index in [2.05, 4.69) is 39.7 Å². The number of alkyl halides is 1. The van der Waals surface area contributed by atoms with Gasteiger partial charge in [0.1, 0.15) is 0 Å². The third kappa shape index (κ3) is 16.1. The number of hydrogen-bond acceptors (Lipinski definition) is 2. The number of carbonyl (C=O) groups excluding carboxylic acids is 1. The highest BCUT2D eigenvalue weighted by atomic mass is 79.9. The van der Waals surface area contributed by atoms with Gasteiger partial charge in [-0.3, -0.25) is 4.79 Å². The Balaban J connectivity index is 3.28. The first-order chi connectivity index (χ1) is 10.7. The molecule has 0 amide bonds. The van der Waals surface area contributed by atoms with Gasteiger partial charge in [-0.15, -0.1) is 0 Å². The highest BCUT2D eigenvalue weighted by molar-refractivity contribution is 9.09. The van der Waals surface area contributed by atoms with Gasteiger partial charge in [0.05, 0.1) is 7.11 Å². The van der Waals surface area contributed by atoms with Crippen molar-refractivity contribution in [3.63, 3.8) is 0 Å². The van der Waals surface area contributed by atoms with Gasteiger partial charge in [-0.2, -0.15) is 0 Å². The molecule has 22 heavy (non-hydrogen) atoms. The molecule has 0 aromatic carbocycles. The monoisotopic (exact) mass is 374 g/mol. The lowest BCUT2D eigenvalue weighted by atomic mass is 10.1. The summed E-state index contributed by atoms with van der Waals surface area (Å²) in [6.45, 7) is 2.26. The Kier molecular flexibility index (Phi) is 16.8. The lowest BCUT2D eigenvalue weighted by Crippen LogP contribution is -1.99. The van der Waals surface area contributed by atoms with Gasteiger partial charge in [0.2, 0.25) is 0 Å². The quantitative estimate of drug-likeness (QED) is 0.140. The summed E-state index contributed by atoms with van der Waals surface area (Å²) in [5.41, 5.74) is 0. The van der Waals surface area contributed by atoms with Gasteiger partial charge in [0, 0.05) is 11.2 Å². The van der Waals surface area contributed by atoms with E-state index in [0.717, 1.165) is 19.3 Å². The van der Waals surface area contributed by atoms with E-state index in [1.54, 1.807) is 0 Å². The van der Waals surface area contributed by atoms with Gasteiger partial charge in [-0.05, 0) is 32.1 Å². The van der Waals surface area contributed by atoms with Crippen LogP contribution in [0.4, 0.5) is 0 Å². The number of methoxy groups -OCH3 is 1. The topological polar surface area (TPSA) is 26.3 Å². The van der Waals surface area contributed by atoms with E-state index < -0.39 is 0 Å². The smallest absolute Gasteiger partial charge is 0.305 e. The summed E-state index contributed by atoms with van der Waals surface area (Å²) in [7, 11) is 1.46. The fourth-order valence-electron chi connectivity index (χ4n) is 2.44. The number of halogens is 1. The average molecular weight is 375 g/mol. The van der Waals surface area contributed by atoms with Crippen molar-refractivity contribution in [3.05, 3.63) is 12.2 Å². The van der Waals surface area contributed by atoms with E-state index in [0.29, 0.717) is 11.2 Å².